The van der Waals surface area contributed by atoms with E-state index in [4.69, 9.17) is 14.2 Å². The monoisotopic (exact) mass is 361 g/mol. The van der Waals surface area contributed by atoms with Crippen LogP contribution >= 0.6 is 0 Å². The van der Waals surface area contributed by atoms with Gasteiger partial charge in [-0.25, -0.2) is 0 Å². The fourth-order valence-electron chi connectivity index (χ4n) is 2.84. The number of ether oxygens (including phenoxy) is 3. The van der Waals surface area contributed by atoms with Gasteiger partial charge in [0.05, 0.1) is 13.2 Å². The quantitative estimate of drug-likeness (QED) is 0.455. The van der Waals surface area contributed by atoms with Crippen LogP contribution < -0.4 is 9.47 Å². The largest absolute Gasteiger partial charge is 0.493 e. The molecule has 0 aliphatic carbocycles. The minimum atomic E-state index is -0.471. The van der Waals surface area contributed by atoms with E-state index < -0.39 is 5.97 Å². The first-order valence-electron chi connectivity index (χ1n) is 8.30. The first-order chi connectivity index (χ1) is 12.3. The number of allylic oxidation sites excluding steroid dienone is 1. The van der Waals surface area contributed by atoms with Crippen molar-refractivity contribution >= 4 is 17.8 Å². The summed E-state index contributed by atoms with van der Waals surface area (Å²) in [7, 11) is 1.44. The van der Waals surface area contributed by atoms with Gasteiger partial charge in [-0.05, 0) is 31.5 Å². The minimum absolute atomic E-state index is 0.154. The maximum absolute atomic E-state index is 13.0. The van der Waals surface area contributed by atoms with Crippen molar-refractivity contribution in [2.24, 2.45) is 0 Å². The average molecular weight is 361 g/mol. The molecule has 0 N–H and O–H groups in total. The van der Waals surface area contributed by atoms with E-state index in [1.54, 1.807) is 11.0 Å². The van der Waals surface area contributed by atoms with E-state index in [-0.39, 0.29) is 30.3 Å². The molecule has 1 unspecified atom stereocenters. The van der Waals surface area contributed by atoms with Crippen LogP contribution in [0.2, 0.25) is 0 Å². The lowest BCUT2D eigenvalue weighted by molar-refractivity contribution is -0.142. The maximum Gasteiger partial charge on any atom is 0.308 e. The highest BCUT2D eigenvalue weighted by Gasteiger charge is 2.33. The summed E-state index contributed by atoms with van der Waals surface area (Å²) in [6.07, 6.45) is 2.64. The highest BCUT2D eigenvalue weighted by molar-refractivity contribution is 5.95. The average Bonchev–Trinajstić information content (AvgIpc) is 3.02. The molecule has 7 heteroatoms. The Morgan fingerprint density at radius 1 is 1.19 bits per heavy atom. The van der Waals surface area contributed by atoms with Crippen LogP contribution in [0.15, 0.2) is 29.8 Å². The van der Waals surface area contributed by atoms with Crippen LogP contribution in [0.5, 0.6) is 11.5 Å². The van der Waals surface area contributed by atoms with Gasteiger partial charge in [0.15, 0.2) is 11.5 Å². The predicted molar refractivity (Wildman–Crippen MR) is 94.1 cm³/mol. The van der Waals surface area contributed by atoms with Gasteiger partial charge in [0.25, 0.3) is 5.91 Å². The molecule has 1 aliphatic rings. The Morgan fingerprint density at radius 3 is 2.50 bits per heavy atom. The van der Waals surface area contributed by atoms with Crippen molar-refractivity contribution < 1.29 is 28.6 Å². The number of carbonyl (C=O) groups is 3. The Balaban J connectivity index is 2.24. The van der Waals surface area contributed by atoms with Crippen molar-refractivity contribution in [1.29, 1.82) is 0 Å². The molecule has 0 spiro atoms. The zero-order chi connectivity index (χ0) is 19.3. The zero-order valence-electron chi connectivity index (χ0n) is 15.4. The summed E-state index contributed by atoms with van der Waals surface area (Å²) in [6, 6.07) is 4.44. The summed E-state index contributed by atoms with van der Waals surface area (Å²) < 4.78 is 15.4. The Labute approximate surface area is 152 Å². The van der Waals surface area contributed by atoms with Gasteiger partial charge >= 0.3 is 11.9 Å². The number of carbonyl (C=O) groups excluding carboxylic acids is 3. The first kappa shape index (κ1) is 19.5. The summed E-state index contributed by atoms with van der Waals surface area (Å²) in [6.45, 7) is 5.19. The van der Waals surface area contributed by atoms with E-state index in [1.165, 1.54) is 33.1 Å². The van der Waals surface area contributed by atoms with Crippen LogP contribution in [-0.4, -0.2) is 49.0 Å². The topological polar surface area (TPSA) is 82.1 Å². The molecular formula is C19H23NO6. The second-order valence-corrected chi connectivity index (χ2v) is 6.00. The molecule has 0 radical (unpaired) electrons. The molecule has 0 aromatic heterocycles. The van der Waals surface area contributed by atoms with Gasteiger partial charge in [0.1, 0.15) is 6.61 Å². The smallest absolute Gasteiger partial charge is 0.308 e. The Bertz CT molecular complexity index is 740. The van der Waals surface area contributed by atoms with Crippen LogP contribution in [-0.2, 0) is 14.3 Å². The molecule has 1 amide bonds. The summed E-state index contributed by atoms with van der Waals surface area (Å²) >= 11 is 0. The van der Waals surface area contributed by atoms with E-state index >= 15 is 0 Å². The predicted octanol–water partition coefficient (Wildman–Crippen LogP) is 2.34. The van der Waals surface area contributed by atoms with Crippen molar-refractivity contribution in [3.05, 3.63) is 35.4 Å². The molecule has 0 bridgehead atoms. The van der Waals surface area contributed by atoms with Gasteiger partial charge in [-0.2, -0.15) is 0 Å². The fourth-order valence-corrected chi connectivity index (χ4v) is 2.84. The van der Waals surface area contributed by atoms with E-state index in [0.29, 0.717) is 24.3 Å². The lowest BCUT2D eigenvalue weighted by atomic mass is 10.1. The van der Waals surface area contributed by atoms with Gasteiger partial charge in [0, 0.05) is 26.0 Å². The minimum Gasteiger partial charge on any atom is -0.493 e. The van der Waals surface area contributed by atoms with Gasteiger partial charge in [0.2, 0.25) is 0 Å². The van der Waals surface area contributed by atoms with Gasteiger partial charge in [-0.1, -0.05) is 11.6 Å². The molecule has 1 saturated heterocycles. The number of likely N-dealkylation sites (tertiary alicyclic amines) is 1. The molecule has 2 rings (SSSR count). The second-order valence-electron chi connectivity index (χ2n) is 6.00. The number of methoxy groups -OCH3 is 1. The standard InChI is InChI=1S/C19H23NO6/c1-5-14-8-16(11-25-12(2)21)20(10-14)19(23)15-6-7-17(26-13(3)22)18(9-15)24-4/h5-7,9,16H,8,10-11H2,1-4H3. The number of benzene rings is 1. The summed E-state index contributed by atoms with van der Waals surface area (Å²) in [5.74, 6) is -0.497. The van der Waals surface area contributed by atoms with Crippen molar-refractivity contribution in [3.8, 4) is 11.5 Å². The molecule has 0 saturated carbocycles. The fraction of sp³-hybridized carbons (Fsp3) is 0.421. The summed E-state index contributed by atoms with van der Waals surface area (Å²) in [5, 5.41) is 0. The third-order valence-electron chi connectivity index (χ3n) is 4.12. The number of esters is 2. The first-order valence-corrected chi connectivity index (χ1v) is 8.30. The maximum atomic E-state index is 13.0. The van der Waals surface area contributed by atoms with Crippen LogP contribution in [0.25, 0.3) is 0 Å². The molecule has 1 aromatic rings. The summed E-state index contributed by atoms with van der Waals surface area (Å²) in [5.41, 5.74) is 1.52. The van der Waals surface area contributed by atoms with Crippen molar-refractivity contribution in [3.63, 3.8) is 0 Å². The van der Waals surface area contributed by atoms with Crippen LogP contribution in [0.4, 0.5) is 0 Å². The molecule has 1 heterocycles. The molecule has 140 valence electrons. The second kappa shape index (κ2) is 8.51. The van der Waals surface area contributed by atoms with Gasteiger partial charge < -0.3 is 19.1 Å². The van der Waals surface area contributed by atoms with Crippen LogP contribution in [0, 0.1) is 0 Å². The van der Waals surface area contributed by atoms with Crippen LogP contribution in [0.3, 0.4) is 0 Å². The molecule has 1 aromatic carbocycles. The molecule has 1 atom stereocenters. The molecule has 7 nitrogen and oxygen atoms in total. The highest BCUT2D eigenvalue weighted by atomic mass is 16.6. The number of amides is 1. The van der Waals surface area contributed by atoms with Crippen molar-refractivity contribution in [2.75, 3.05) is 20.3 Å². The van der Waals surface area contributed by atoms with Crippen molar-refractivity contribution in [2.45, 2.75) is 33.2 Å². The van der Waals surface area contributed by atoms with Gasteiger partial charge in [-0.3, -0.25) is 14.4 Å². The molecule has 1 aliphatic heterocycles. The Kier molecular flexibility index (Phi) is 6.38. The molecular weight excluding hydrogens is 338 g/mol. The number of hydrogen-bond acceptors (Lipinski definition) is 6. The zero-order valence-corrected chi connectivity index (χ0v) is 15.4. The highest BCUT2D eigenvalue weighted by Crippen LogP contribution is 2.31. The lowest BCUT2D eigenvalue weighted by Crippen LogP contribution is -2.38. The normalized spacial score (nSPS) is 17.9. The molecule has 26 heavy (non-hydrogen) atoms. The van der Waals surface area contributed by atoms with E-state index in [9.17, 15) is 14.4 Å². The van der Waals surface area contributed by atoms with E-state index in [1.807, 2.05) is 13.0 Å². The van der Waals surface area contributed by atoms with E-state index in [0.717, 1.165) is 5.57 Å². The Morgan fingerprint density at radius 2 is 1.92 bits per heavy atom. The van der Waals surface area contributed by atoms with E-state index in [2.05, 4.69) is 0 Å². The van der Waals surface area contributed by atoms with Crippen molar-refractivity contribution in [1.82, 2.24) is 4.90 Å². The van der Waals surface area contributed by atoms with Crippen LogP contribution in [0.1, 0.15) is 37.6 Å². The summed E-state index contributed by atoms with van der Waals surface area (Å²) in [4.78, 5) is 36.9. The SMILES string of the molecule is CC=C1CC(COC(C)=O)N(C(=O)c2ccc(OC(C)=O)c(OC)c2)C1. The molecule has 1 fully saturated rings. The third kappa shape index (κ3) is 4.62. The third-order valence-corrected chi connectivity index (χ3v) is 4.12. The number of hydrogen-bond donors (Lipinski definition) is 0. The lowest BCUT2D eigenvalue weighted by Gasteiger charge is -2.24. The van der Waals surface area contributed by atoms with Gasteiger partial charge in [-0.15, -0.1) is 0 Å². The number of nitrogens with zero attached hydrogens (tertiary/aromatic N) is 1. The Hall–Kier alpha value is -2.83. The number of rotatable bonds is 5.